The number of hydrogen-bond acceptors (Lipinski definition) is 1. The second-order valence-electron chi connectivity index (χ2n) is 6.44. The average Bonchev–Trinajstić information content (AvgIpc) is 2.67. The third-order valence-corrected chi connectivity index (χ3v) is 4.51. The van der Waals surface area contributed by atoms with Crippen LogP contribution in [-0.2, 0) is 19.3 Å². The van der Waals surface area contributed by atoms with Gasteiger partial charge in [0.05, 0.1) is 0 Å². The van der Waals surface area contributed by atoms with Crippen molar-refractivity contribution in [3.8, 4) is 16.9 Å². The first-order chi connectivity index (χ1) is 12.9. The van der Waals surface area contributed by atoms with Gasteiger partial charge >= 0.3 is 6.36 Å². The predicted molar refractivity (Wildman–Crippen MR) is 102 cm³/mol. The first-order valence-corrected chi connectivity index (χ1v) is 8.96. The van der Waals surface area contributed by atoms with Gasteiger partial charge < -0.3 is 4.74 Å². The van der Waals surface area contributed by atoms with Gasteiger partial charge in [-0.3, -0.25) is 0 Å². The number of alkyl halides is 3. The van der Waals surface area contributed by atoms with E-state index < -0.39 is 6.36 Å². The van der Waals surface area contributed by atoms with Crippen molar-refractivity contribution < 1.29 is 17.9 Å². The van der Waals surface area contributed by atoms with Crippen LogP contribution in [-0.4, -0.2) is 6.36 Å². The molecular formula is C23H21F3O. The van der Waals surface area contributed by atoms with Crippen molar-refractivity contribution in [1.82, 2.24) is 0 Å². The molecule has 0 aliphatic heterocycles. The predicted octanol–water partition coefficient (Wildman–Crippen LogP) is 6.60. The number of rotatable bonds is 6. The zero-order valence-electron chi connectivity index (χ0n) is 15.1. The van der Waals surface area contributed by atoms with E-state index in [1.807, 2.05) is 12.1 Å². The van der Waals surface area contributed by atoms with Crippen LogP contribution in [0.25, 0.3) is 11.1 Å². The Morgan fingerprint density at radius 2 is 1.04 bits per heavy atom. The zero-order valence-corrected chi connectivity index (χ0v) is 15.1. The molecule has 0 aromatic heterocycles. The Morgan fingerprint density at radius 1 is 0.630 bits per heavy atom. The molecule has 1 nitrogen and oxygen atoms in total. The summed E-state index contributed by atoms with van der Waals surface area (Å²) in [6.45, 7) is 2.15. The highest BCUT2D eigenvalue weighted by atomic mass is 19.4. The lowest BCUT2D eigenvalue weighted by molar-refractivity contribution is -0.274. The molecule has 140 valence electrons. The summed E-state index contributed by atoms with van der Waals surface area (Å²) in [6, 6.07) is 22.7. The molecule has 0 N–H and O–H groups in total. The number of halogens is 3. The van der Waals surface area contributed by atoms with Crippen molar-refractivity contribution in [2.24, 2.45) is 0 Å². The normalized spacial score (nSPS) is 11.4. The highest BCUT2D eigenvalue weighted by Gasteiger charge is 2.30. The number of aryl methyl sites for hydroxylation is 3. The summed E-state index contributed by atoms with van der Waals surface area (Å²) in [5.41, 5.74) is 5.71. The topological polar surface area (TPSA) is 9.23 Å². The van der Waals surface area contributed by atoms with Crippen LogP contribution in [0.3, 0.4) is 0 Å². The summed E-state index contributed by atoms with van der Waals surface area (Å²) >= 11 is 0. The molecule has 0 atom stereocenters. The van der Waals surface area contributed by atoms with Crippen LogP contribution >= 0.6 is 0 Å². The van der Waals surface area contributed by atoms with E-state index in [1.54, 1.807) is 12.1 Å². The van der Waals surface area contributed by atoms with Crippen molar-refractivity contribution in [3.63, 3.8) is 0 Å². The first kappa shape index (κ1) is 19.0. The minimum absolute atomic E-state index is 0.211. The van der Waals surface area contributed by atoms with Gasteiger partial charge in [0.2, 0.25) is 0 Å². The smallest absolute Gasteiger partial charge is 0.406 e. The van der Waals surface area contributed by atoms with E-state index in [0.29, 0.717) is 0 Å². The molecule has 3 rings (SSSR count). The second-order valence-corrected chi connectivity index (χ2v) is 6.44. The van der Waals surface area contributed by atoms with Crippen molar-refractivity contribution in [1.29, 1.82) is 0 Å². The maximum Gasteiger partial charge on any atom is 0.573 e. The molecule has 0 bridgehead atoms. The first-order valence-electron chi connectivity index (χ1n) is 8.96. The van der Waals surface area contributed by atoms with E-state index in [1.165, 1.54) is 28.8 Å². The molecule has 0 saturated heterocycles. The fourth-order valence-corrected chi connectivity index (χ4v) is 2.94. The summed E-state index contributed by atoms with van der Waals surface area (Å²) in [7, 11) is 0. The standard InChI is InChI=1S/C23H21F3O/c1-2-17-3-5-18(6-4-17)7-8-19-9-11-20(12-10-19)21-13-15-22(16-14-21)27-23(24,25)26/h3-6,9-16H,2,7-8H2,1H3. The van der Waals surface area contributed by atoms with E-state index in [2.05, 4.69) is 48.1 Å². The van der Waals surface area contributed by atoms with Crippen LogP contribution in [0.1, 0.15) is 23.6 Å². The minimum atomic E-state index is -4.67. The second kappa shape index (κ2) is 8.30. The van der Waals surface area contributed by atoms with Gasteiger partial charge in [-0.05, 0) is 59.2 Å². The van der Waals surface area contributed by atoms with E-state index in [9.17, 15) is 13.2 Å². The third-order valence-electron chi connectivity index (χ3n) is 4.51. The summed E-state index contributed by atoms with van der Waals surface area (Å²) < 4.78 is 40.6. The lowest BCUT2D eigenvalue weighted by atomic mass is 9.99. The van der Waals surface area contributed by atoms with Crippen LogP contribution in [0.5, 0.6) is 5.75 Å². The Balaban J connectivity index is 1.61. The quantitative estimate of drug-likeness (QED) is 0.475. The highest BCUT2D eigenvalue weighted by molar-refractivity contribution is 5.64. The maximum atomic E-state index is 12.2. The fraction of sp³-hybridized carbons (Fsp3) is 0.217. The summed E-state index contributed by atoms with van der Waals surface area (Å²) in [5.74, 6) is -0.211. The Bertz CT molecular complexity index is 848. The molecule has 0 spiro atoms. The van der Waals surface area contributed by atoms with Crippen LogP contribution < -0.4 is 4.74 Å². The number of hydrogen-bond donors (Lipinski definition) is 0. The molecule has 27 heavy (non-hydrogen) atoms. The fourth-order valence-electron chi connectivity index (χ4n) is 2.94. The molecule has 4 heteroatoms. The van der Waals surface area contributed by atoms with Crippen LogP contribution in [0.2, 0.25) is 0 Å². The molecular weight excluding hydrogens is 349 g/mol. The van der Waals surface area contributed by atoms with Crippen LogP contribution in [0.15, 0.2) is 72.8 Å². The number of ether oxygens (including phenoxy) is 1. The minimum Gasteiger partial charge on any atom is -0.406 e. The lowest BCUT2D eigenvalue weighted by Crippen LogP contribution is -2.16. The summed E-state index contributed by atoms with van der Waals surface area (Å²) in [6.07, 6.45) is -1.69. The molecule has 0 fully saturated rings. The molecule has 0 radical (unpaired) electrons. The Kier molecular flexibility index (Phi) is 5.84. The van der Waals surface area contributed by atoms with Crippen molar-refractivity contribution in [2.45, 2.75) is 32.5 Å². The van der Waals surface area contributed by atoms with E-state index in [4.69, 9.17) is 0 Å². The monoisotopic (exact) mass is 370 g/mol. The molecule has 3 aromatic rings. The van der Waals surface area contributed by atoms with E-state index in [0.717, 1.165) is 30.4 Å². The Labute approximate surface area is 157 Å². The van der Waals surface area contributed by atoms with Gasteiger partial charge in [0.25, 0.3) is 0 Å². The van der Waals surface area contributed by atoms with Gasteiger partial charge in [0.1, 0.15) is 5.75 Å². The Hall–Kier alpha value is -2.75. The van der Waals surface area contributed by atoms with E-state index in [-0.39, 0.29) is 5.75 Å². The number of benzene rings is 3. The SMILES string of the molecule is CCc1ccc(CCc2ccc(-c3ccc(OC(F)(F)F)cc3)cc2)cc1. The van der Waals surface area contributed by atoms with Gasteiger partial charge in [0, 0.05) is 0 Å². The van der Waals surface area contributed by atoms with Gasteiger partial charge in [-0.1, -0.05) is 67.6 Å². The highest BCUT2D eigenvalue weighted by Crippen LogP contribution is 2.26. The molecule has 0 aliphatic carbocycles. The molecule has 0 heterocycles. The molecule has 3 aromatic carbocycles. The zero-order chi connectivity index (χ0) is 19.3. The average molecular weight is 370 g/mol. The van der Waals surface area contributed by atoms with Gasteiger partial charge in [0.15, 0.2) is 0 Å². The molecule has 0 saturated carbocycles. The maximum absolute atomic E-state index is 12.2. The third kappa shape index (κ3) is 5.61. The van der Waals surface area contributed by atoms with Crippen LogP contribution in [0.4, 0.5) is 13.2 Å². The lowest BCUT2D eigenvalue weighted by Gasteiger charge is -2.10. The molecule has 0 aliphatic rings. The van der Waals surface area contributed by atoms with Crippen LogP contribution in [0, 0.1) is 0 Å². The molecule has 0 amide bonds. The van der Waals surface area contributed by atoms with Crippen molar-refractivity contribution in [2.75, 3.05) is 0 Å². The molecule has 0 unspecified atom stereocenters. The van der Waals surface area contributed by atoms with Gasteiger partial charge in [-0.15, -0.1) is 13.2 Å². The van der Waals surface area contributed by atoms with Crippen molar-refractivity contribution >= 4 is 0 Å². The summed E-state index contributed by atoms with van der Waals surface area (Å²) in [5, 5.41) is 0. The summed E-state index contributed by atoms with van der Waals surface area (Å²) in [4.78, 5) is 0. The largest absolute Gasteiger partial charge is 0.573 e. The van der Waals surface area contributed by atoms with Gasteiger partial charge in [-0.2, -0.15) is 0 Å². The Morgan fingerprint density at radius 3 is 1.48 bits per heavy atom. The van der Waals surface area contributed by atoms with Gasteiger partial charge in [-0.25, -0.2) is 0 Å². The van der Waals surface area contributed by atoms with E-state index >= 15 is 0 Å². The van der Waals surface area contributed by atoms with Crippen molar-refractivity contribution in [3.05, 3.63) is 89.5 Å².